The van der Waals surface area contributed by atoms with Gasteiger partial charge in [-0.1, -0.05) is 48.0 Å². The van der Waals surface area contributed by atoms with E-state index in [1.165, 1.54) is 0 Å². The first-order chi connectivity index (χ1) is 20.2. The van der Waals surface area contributed by atoms with E-state index in [0.717, 1.165) is 11.1 Å². The SMILES string of the molecule is NCc1ccc(Cl)cc1CCC(=O)[C@@H]1CCCN1C(=O)[C@@H](CCC(=O)N1CCOCC1)CS(=O)(=O)Cc1ccccc1. The van der Waals surface area contributed by atoms with Crippen molar-refractivity contribution in [2.75, 3.05) is 38.6 Å². The Kier molecular flexibility index (Phi) is 11.5. The molecule has 0 radical (unpaired) electrons. The lowest BCUT2D eigenvalue weighted by molar-refractivity contribution is -0.141. The molecule has 2 N–H and O–H groups in total. The number of hydrogen-bond acceptors (Lipinski definition) is 7. The van der Waals surface area contributed by atoms with Crippen LogP contribution in [0, 0.1) is 5.92 Å². The molecule has 2 amide bonds. The van der Waals surface area contributed by atoms with Crippen LogP contribution in [-0.4, -0.2) is 80.5 Å². The summed E-state index contributed by atoms with van der Waals surface area (Å²) in [6.45, 7) is 2.58. The van der Waals surface area contributed by atoms with E-state index in [1.54, 1.807) is 40.1 Å². The Balaban J connectivity index is 1.46. The van der Waals surface area contributed by atoms with Crippen molar-refractivity contribution in [1.29, 1.82) is 0 Å². The molecule has 0 unspecified atom stereocenters. The molecule has 228 valence electrons. The van der Waals surface area contributed by atoms with Gasteiger partial charge in [-0.2, -0.15) is 0 Å². The van der Waals surface area contributed by atoms with Crippen LogP contribution < -0.4 is 5.73 Å². The molecule has 2 heterocycles. The second kappa shape index (κ2) is 15.1. The summed E-state index contributed by atoms with van der Waals surface area (Å²) in [6, 6.07) is 13.6. The number of carbonyl (C=O) groups excluding carboxylic acids is 3. The van der Waals surface area contributed by atoms with E-state index >= 15 is 0 Å². The zero-order valence-corrected chi connectivity index (χ0v) is 25.5. The molecule has 0 spiro atoms. The first-order valence-electron chi connectivity index (χ1n) is 14.6. The van der Waals surface area contributed by atoms with Crippen molar-refractivity contribution in [2.45, 2.75) is 56.9 Å². The van der Waals surface area contributed by atoms with E-state index in [9.17, 15) is 22.8 Å². The van der Waals surface area contributed by atoms with Gasteiger partial charge in [0.15, 0.2) is 15.6 Å². The number of nitrogens with zero attached hydrogens (tertiary/aromatic N) is 2. The molecular formula is C31H40ClN3O6S. The largest absolute Gasteiger partial charge is 0.378 e. The van der Waals surface area contributed by atoms with Crippen molar-refractivity contribution in [1.82, 2.24) is 9.80 Å². The number of aryl methyl sites for hydroxylation is 1. The second-order valence-electron chi connectivity index (χ2n) is 11.0. The number of amides is 2. The third kappa shape index (κ3) is 8.86. The number of morpholine rings is 1. The zero-order chi connectivity index (χ0) is 30.1. The van der Waals surface area contributed by atoms with Crippen LogP contribution >= 0.6 is 11.6 Å². The van der Waals surface area contributed by atoms with Gasteiger partial charge in [0.25, 0.3) is 0 Å². The molecule has 2 aromatic rings. The van der Waals surface area contributed by atoms with Gasteiger partial charge >= 0.3 is 0 Å². The molecule has 11 heteroatoms. The van der Waals surface area contributed by atoms with Crippen molar-refractivity contribution in [3.05, 3.63) is 70.2 Å². The molecular weight excluding hydrogens is 578 g/mol. The number of carbonyl (C=O) groups is 3. The molecule has 2 aliphatic heterocycles. The highest BCUT2D eigenvalue weighted by molar-refractivity contribution is 7.90. The minimum atomic E-state index is -3.68. The third-order valence-corrected chi connectivity index (χ3v) is 9.96. The molecule has 9 nitrogen and oxygen atoms in total. The van der Waals surface area contributed by atoms with Gasteiger partial charge in [-0.05, 0) is 54.5 Å². The van der Waals surface area contributed by atoms with Crippen LogP contribution in [0.5, 0.6) is 0 Å². The predicted octanol–water partition coefficient (Wildman–Crippen LogP) is 3.16. The number of hydrogen-bond donors (Lipinski definition) is 1. The van der Waals surface area contributed by atoms with Crippen LogP contribution in [0.25, 0.3) is 0 Å². The van der Waals surface area contributed by atoms with Gasteiger partial charge < -0.3 is 20.3 Å². The van der Waals surface area contributed by atoms with E-state index in [0.29, 0.717) is 69.2 Å². The molecule has 2 aromatic carbocycles. The van der Waals surface area contributed by atoms with E-state index in [4.69, 9.17) is 22.1 Å². The van der Waals surface area contributed by atoms with E-state index < -0.39 is 21.8 Å². The molecule has 0 aromatic heterocycles. The zero-order valence-electron chi connectivity index (χ0n) is 23.9. The normalized spacial score (nSPS) is 18.2. The molecule has 4 rings (SSSR count). The van der Waals surface area contributed by atoms with Gasteiger partial charge in [0.2, 0.25) is 11.8 Å². The van der Waals surface area contributed by atoms with Crippen LogP contribution in [0.2, 0.25) is 5.02 Å². The Bertz CT molecular complexity index is 1350. The Morgan fingerprint density at radius 1 is 1.00 bits per heavy atom. The Labute approximate surface area is 253 Å². The van der Waals surface area contributed by atoms with Crippen LogP contribution in [0.3, 0.4) is 0 Å². The molecule has 2 atom stereocenters. The number of benzene rings is 2. The summed E-state index contributed by atoms with van der Waals surface area (Å²) in [5.74, 6) is -2.06. The molecule has 0 saturated carbocycles. The number of rotatable bonds is 13. The molecule has 42 heavy (non-hydrogen) atoms. The average molecular weight is 618 g/mol. The van der Waals surface area contributed by atoms with E-state index in [2.05, 4.69) is 0 Å². The molecule has 2 aliphatic rings. The number of ketones is 1. The topological polar surface area (TPSA) is 127 Å². The fourth-order valence-corrected chi connectivity index (χ4v) is 7.73. The van der Waals surface area contributed by atoms with Crippen molar-refractivity contribution in [3.8, 4) is 0 Å². The number of halogens is 1. The molecule has 2 fully saturated rings. The number of sulfone groups is 1. The van der Waals surface area contributed by atoms with E-state index in [1.807, 2.05) is 18.2 Å². The summed E-state index contributed by atoms with van der Waals surface area (Å²) in [4.78, 5) is 43.5. The highest BCUT2D eigenvalue weighted by Crippen LogP contribution is 2.26. The maximum atomic E-state index is 13.9. The Morgan fingerprint density at radius 3 is 2.45 bits per heavy atom. The van der Waals surface area contributed by atoms with Gasteiger partial charge in [0.1, 0.15) is 0 Å². The smallest absolute Gasteiger partial charge is 0.227 e. The van der Waals surface area contributed by atoms with Gasteiger partial charge in [-0.3, -0.25) is 14.4 Å². The number of Topliss-reactive ketones (excluding diaryl/α,β-unsaturated/α-hetero) is 1. The number of ether oxygens (including phenoxy) is 1. The number of likely N-dealkylation sites (tertiary alicyclic amines) is 1. The summed E-state index contributed by atoms with van der Waals surface area (Å²) in [5.41, 5.74) is 8.32. The lowest BCUT2D eigenvalue weighted by atomic mass is 9.97. The Hall–Kier alpha value is -2.79. The van der Waals surface area contributed by atoms with Crippen molar-refractivity contribution < 1.29 is 27.5 Å². The number of nitrogens with two attached hydrogens (primary N) is 1. The quantitative estimate of drug-likeness (QED) is 0.366. The minimum absolute atomic E-state index is 0.0559. The fourth-order valence-electron chi connectivity index (χ4n) is 5.79. The molecule has 2 saturated heterocycles. The maximum absolute atomic E-state index is 13.9. The molecule has 0 aliphatic carbocycles. The monoisotopic (exact) mass is 617 g/mol. The lowest BCUT2D eigenvalue weighted by Crippen LogP contribution is -2.46. The van der Waals surface area contributed by atoms with Crippen LogP contribution in [-0.2, 0) is 47.7 Å². The molecule has 0 bridgehead atoms. The Morgan fingerprint density at radius 2 is 1.74 bits per heavy atom. The maximum Gasteiger partial charge on any atom is 0.227 e. The van der Waals surface area contributed by atoms with Gasteiger partial charge in [-0.25, -0.2) is 8.42 Å². The first-order valence-corrected chi connectivity index (χ1v) is 16.8. The van der Waals surface area contributed by atoms with Crippen LogP contribution in [0.1, 0.15) is 48.8 Å². The van der Waals surface area contributed by atoms with Crippen LogP contribution in [0.15, 0.2) is 48.5 Å². The van der Waals surface area contributed by atoms with Gasteiger partial charge in [0.05, 0.1) is 36.7 Å². The lowest BCUT2D eigenvalue weighted by Gasteiger charge is -2.30. The minimum Gasteiger partial charge on any atom is -0.378 e. The van der Waals surface area contributed by atoms with E-state index in [-0.39, 0.29) is 48.4 Å². The van der Waals surface area contributed by atoms with Crippen molar-refractivity contribution in [3.63, 3.8) is 0 Å². The second-order valence-corrected chi connectivity index (χ2v) is 13.6. The summed E-state index contributed by atoms with van der Waals surface area (Å²) in [6.07, 6.45) is 2.01. The highest BCUT2D eigenvalue weighted by Gasteiger charge is 2.38. The summed E-state index contributed by atoms with van der Waals surface area (Å²) in [5, 5.41) is 0.568. The fraction of sp³-hybridized carbons (Fsp3) is 0.516. The van der Waals surface area contributed by atoms with Crippen LogP contribution in [0.4, 0.5) is 0 Å². The predicted molar refractivity (Wildman–Crippen MR) is 161 cm³/mol. The van der Waals surface area contributed by atoms with Gasteiger partial charge in [-0.15, -0.1) is 0 Å². The van der Waals surface area contributed by atoms with Crippen molar-refractivity contribution >= 4 is 39.0 Å². The average Bonchev–Trinajstić information content (AvgIpc) is 3.48. The third-order valence-electron chi connectivity index (χ3n) is 8.04. The van der Waals surface area contributed by atoms with Gasteiger partial charge in [0, 0.05) is 44.0 Å². The highest BCUT2D eigenvalue weighted by atomic mass is 35.5. The summed E-state index contributed by atoms with van der Waals surface area (Å²) >= 11 is 6.16. The first kappa shape index (κ1) is 32.1. The summed E-state index contributed by atoms with van der Waals surface area (Å²) in [7, 11) is -3.68. The standard InChI is InChI=1S/C31H40ClN3O6S/c32-27-11-8-25(20-33)24(19-27)9-12-29(36)28-7-4-14-35(28)31(38)26(10-13-30(37)34-15-17-41-18-16-34)22-42(39,40)21-23-5-2-1-3-6-23/h1-3,5-6,8,11,19,26,28H,4,7,9-10,12-18,20-22,33H2/t26-,28-/m0/s1. The van der Waals surface area contributed by atoms with Crippen molar-refractivity contribution in [2.24, 2.45) is 11.7 Å². The summed E-state index contributed by atoms with van der Waals surface area (Å²) < 4.78 is 31.9.